The SMILES string of the molecule is CC(C)(C)CC(=O)N1CSCC1C(=O)NC(Cc1ccccc1)C(=O)O. The van der Waals surface area contributed by atoms with Crippen LogP contribution in [0.3, 0.4) is 0 Å². The summed E-state index contributed by atoms with van der Waals surface area (Å²) >= 11 is 1.51. The molecule has 1 heterocycles. The molecule has 1 aliphatic rings. The zero-order valence-corrected chi connectivity index (χ0v) is 16.2. The minimum absolute atomic E-state index is 0.0717. The average molecular weight is 378 g/mol. The van der Waals surface area contributed by atoms with Crippen LogP contribution in [-0.2, 0) is 20.8 Å². The maximum atomic E-state index is 12.6. The molecule has 2 rings (SSSR count). The molecule has 1 aromatic rings. The van der Waals surface area contributed by atoms with Gasteiger partial charge in [-0.1, -0.05) is 51.1 Å². The summed E-state index contributed by atoms with van der Waals surface area (Å²) in [7, 11) is 0. The zero-order chi connectivity index (χ0) is 19.3. The van der Waals surface area contributed by atoms with Gasteiger partial charge in [-0.3, -0.25) is 9.59 Å². The zero-order valence-electron chi connectivity index (χ0n) is 15.4. The van der Waals surface area contributed by atoms with Crippen LogP contribution in [0.1, 0.15) is 32.8 Å². The summed E-state index contributed by atoms with van der Waals surface area (Å²) in [5.41, 5.74) is 0.670. The Morgan fingerprint density at radius 2 is 1.92 bits per heavy atom. The van der Waals surface area contributed by atoms with Gasteiger partial charge in [0.2, 0.25) is 11.8 Å². The van der Waals surface area contributed by atoms with E-state index in [9.17, 15) is 19.5 Å². The lowest BCUT2D eigenvalue weighted by molar-refractivity contribution is -0.144. The number of aliphatic carboxylic acids is 1. The van der Waals surface area contributed by atoms with Crippen LogP contribution < -0.4 is 5.32 Å². The smallest absolute Gasteiger partial charge is 0.326 e. The molecule has 142 valence electrons. The van der Waals surface area contributed by atoms with E-state index >= 15 is 0 Å². The maximum absolute atomic E-state index is 12.6. The lowest BCUT2D eigenvalue weighted by Gasteiger charge is -2.27. The van der Waals surface area contributed by atoms with Crippen molar-refractivity contribution in [3.8, 4) is 0 Å². The molecular formula is C19H26N2O4S. The van der Waals surface area contributed by atoms with Gasteiger partial charge >= 0.3 is 5.97 Å². The van der Waals surface area contributed by atoms with E-state index in [2.05, 4.69) is 5.32 Å². The van der Waals surface area contributed by atoms with Crippen molar-refractivity contribution in [2.24, 2.45) is 5.41 Å². The Morgan fingerprint density at radius 1 is 1.27 bits per heavy atom. The molecule has 2 N–H and O–H groups in total. The summed E-state index contributed by atoms with van der Waals surface area (Å²) in [4.78, 5) is 38.3. The number of nitrogens with zero attached hydrogens (tertiary/aromatic N) is 1. The first-order valence-electron chi connectivity index (χ1n) is 8.62. The molecule has 6 nitrogen and oxygen atoms in total. The van der Waals surface area contributed by atoms with E-state index < -0.39 is 24.0 Å². The fraction of sp³-hybridized carbons (Fsp3) is 0.526. The van der Waals surface area contributed by atoms with E-state index in [0.717, 1.165) is 5.56 Å². The van der Waals surface area contributed by atoms with Crippen LogP contribution in [0.2, 0.25) is 0 Å². The van der Waals surface area contributed by atoms with Gasteiger partial charge in [0.25, 0.3) is 0 Å². The third-order valence-electron chi connectivity index (χ3n) is 4.08. The number of carboxylic acid groups (broad SMARTS) is 1. The molecule has 1 fully saturated rings. The van der Waals surface area contributed by atoms with Gasteiger partial charge in [0.05, 0.1) is 5.88 Å². The molecule has 1 aliphatic heterocycles. The van der Waals surface area contributed by atoms with Crippen molar-refractivity contribution in [1.82, 2.24) is 10.2 Å². The van der Waals surface area contributed by atoms with Crippen LogP contribution in [-0.4, -0.2) is 51.5 Å². The first-order valence-corrected chi connectivity index (χ1v) is 9.77. The number of carbonyl (C=O) groups excluding carboxylic acids is 2. The number of carbonyl (C=O) groups is 3. The standard InChI is InChI=1S/C19H26N2O4S/c1-19(2,3)10-16(22)21-12-26-11-15(21)17(23)20-14(18(24)25)9-13-7-5-4-6-8-13/h4-8,14-15H,9-12H2,1-3H3,(H,20,23)(H,24,25). The van der Waals surface area contributed by atoms with Crippen LogP contribution >= 0.6 is 11.8 Å². The molecule has 0 radical (unpaired) electrons. The maximum Gasteiger partial charge on any atom is 0.326 e. The Balaban J connectivity index is 2.03. The lowest BCUT2D eigenvalue weighted by Crippen LogP contribution is -2.52. The van der Waals surface area contributed by atoms with Gasteiger partial charge in [0, 0.05) is 18.6 Å². The molecule has 0 spiro atoms. The van der Waals surface area contributed by atoms with Crippen molar-refractivity contribution in [2.75, 3.05) is 11.6 Å². The molecule has 2 amide bonds. The monoisotopic (exact) mass is 378 g/mol. The van der Waals surface area contributed by atoms with Gasteiger partial charge < -0.3 is 15.3 Å². The fourth-order valence-corrected chi connectivity index (χ4v) is 3.96. The highest BCUT2D eigenvalue weighted by atomic mass is 32.2. The molecule has 0 aromatic heterocycles. The number of hydrogen-bond donors (Lipinski definition) is 2. The molecular weight excluding hydrogens is 352 g/mol. The Morgan fingerprint density at radius 3 is 2.50 bits per heavy atom. The Bertz CT molecular complexity index is 657. The fourth-order valence-electron chi connectivity index (χ4n) is 2.78. The summed E-state index contributed by atoms with van der Waals surface area (Å²) in [5, 5.41) is 12.1. The van der Waals surface area contributed by atoms with Crippen molar-refractivity contribution in [3.63, 3.8) is 0 Å². The molecule has 26 heavy (non-hydrogen) atoms. The molecule has 1 aromatic carbocycles. The highest BCUT2D eigenvalue weighted by molar-refractivity contribution is 7.99. The molecule has 0 bridgehead atoms. The van der Waals surface area contributed by atoms with E-state index in [1.54, 1.807) is 4.90 Å². The second-order valence-electron chi connectivity index (χ2n) is 7.71. The number of nitrogens with one attached hydrogen (secondary N) is 1. The molecule has 0 saturated carbocycles. The van der Waals surface area contributed by atoms with E-state index in [-0.39, 0.29) is 17.7 Å². The Hall–Kier alpha value is -2.02. The van der Waals surface area contributed by atoms with Gasteiger partial charge in [-0.15, -0.1) is 11.8 Å². The summed E-state index contributed by atoms with van der Waals surface area (Å²) < 4.78 is 0. The van der Waals surface area contributed by atoms with E-state index in [1.807, 2.05) is 51.1 Å². The minimum atomic E-state index is -1.08. The number of rotatable bonds is 6. The summed E-state index contributed by atoms with van der Waals surface area (Å²) in [6.07, 6.45) is 0.557. The topological polar surface area (TPSA) is 86.7 Å². The molecule has 2 atom stereocenters. The van der Waals surface area contributed by atoms with Gasteiger partial charge in [-0.2, -0.15) is 0 Å². The number of thioether (sulfide) groups is 1. The molecule has 1 saturated heterocycles. The van der Waals surface area contributed by atoms with Crippen molar-refractivity contribution in [1.29, 1.82) is 0 Å². The van der Waals surface area contributed by atoms with Gasteiger partial charge in [0.15, 0.2) is 0 Å². The van der Waals surface area contributed by atoms with Crippen molar-refractivity contribution in [2.45, 2.75) is 45.7 Å². The van der Waals surface area contributed by atoms with Crippen LogP contribution in [0, 0.1) is 5.41 Å². The Kier molecular flexibility index (Phi) is 6.69. The number of carboxylic acids is 1. The van der Waals surface area contributed by atoms with Gasteiger partial charge in [-0.05, 0) is 11.0 Å². The highest BCUT2D eigenvalue weighted by Gasteiger charge is 2.37. The summed E-state index contributed by atoms with van der Waals surface area (Å²) in [6.45, 7) is 5.93. The van der Waals surface area contributed by atoms with E-state index in [0.29, 0.717) is 18.1 Å². The minimum Gasteiger partial charge on any atom is -0.480 e. The van der Waals surface area contributed by atoms with Gasteiger partial charge in [0.1, 0.15) is 12.1 Å². The second kappa shape index (κ2) is 8.58. The number of hydrogen-bond acceptors (Lipinski definition) is 4. The quantitative estimate of drug-likeness (QED) is 0.792. The third kappa shape index (κ3) is 5.76. The second-order valence-corrected chi connectivity index (χ2v) is 8.71. The molecule has 2 unspecified atom stereocenters. The first kappa shape index (κ1) is 20.3. The largest absolute Gasteiger partial charge is 0.480 e. The Labute approximate surface area is 158 Å². The summed E-state index contributed by atoms with van der Waals surface area (Å²) in [6, 6.07) is 7.53. The van der Waals surface area contributed by atoms with E-state index in [4.69, 9.17) is 0 Å². The van der Waals surface area contributed by atoms with Crippen LogP contribution in [0.15, 0.2) is 30.3 Å². The average Bonchev–Trinajstić information content (AvgIpc) is 3.03. The van der Waals surface area contributed by atoms with Crippen LogP contribution in [0.5, 0.6) is 0 Å². The normalized spacial score (nSPS) is 18.4. The third-order valence-corrected chi connectivity index (χ3v) is 5.10. The van der Waals surface area contributed by atoms with Crippen molar-refractivity contribution >= 4 is 29.5 Å². The van der Waals surface area contributed by atoms with Gasteiger partial charge in [-0.25, -0.2) is 4.79 Å². The highest BCUT2D eigenvalue weighted by Crippen LogP contribution is 2.26. The van der Waals surface area contributed by atoms with Crippen molar-refractivity contribution < 1.29 is 19.5 Å². The first-order chi connectivity index (χ1) is 12.2. The predicted molar refractivity (Wildman–Crippen MR) is 102 cm³/mol. The molecule has 0 aliphatic carbocycles. The van der Waals surface area contributed by atoms with Crippen molar-refractivity contribution in [3.05, 3.63) is 35.9 Å². The summed E-state index contributed by atoms with van der Waals surface area (Å²) in [5.74, 6) is -0.610. The van der Waals surface area contributed by atoms with Crippen LogP contribution in [0.4, 0.5) is 0 Å². The predicted octanol–water partition coefficient (Wildman–Crippen LogP) is 2.14. The lowest BCUT2D eigenvalue weighted by atomic mass is 9.91. The molecule has 7 heteroatoms. The number of amides is 2. The van der Waals surface area contributed by atoms with Crippen LogP contribution in [0.25, 0.3) is 0 Å². The van der Waals surface area contributed by atoms with E-state index in [1.165, 1.54) is 11.8 Å². The number of benzene rings is 1.